The maximum absolute atomic E-state index is 11.2. The number of rotatable bonds is 6. The first-order valence-corrected chi connectivity index (χ1v) is 6.33. The minimum atomic E-state index is -0.0241. The fourth-order valence-electron chi connectivity index (χ4n) is 1.90. The van der Waals surface area contributed by atoms with Crippen LogP contribution >= 0.6 is 12.4 Å². The van der Waals surface area contributed by atoms with Gasteiger partial charge in [0.1, 0.15) is 12.4 Å². The first-order valence-electron chi connectivity index (χ1n) is 6.33. The normalized spacial score (nSPS) is 9.85. The predicted molar refractivity (Wildman–Crippen MR) is 83.6 cm³/mol. The zero-order chi connectivity index (χ0) is 13.5. The number of amides is 1. The Labute approximate surface area is 124 Å². The van der Waals surface area contributed by atoms with Gasteiger partial charge in [0.15, 0.2) is 0 Å². The zero-order valence-corrected chi connectivity index (χ0v) is 12.2. The van der Waals surface area contributed by atoms with E-state index in [4.69, 9.17) is 4.74 Å². The molecule has 0 radical (unpaired) electrons. The number of carbonyl (C=O) groups excluding carboxylic acids is 1. The van der Waals surface area contributed by atoms with Gasteiger partial charge < -0.3 is 15.4 Å². The molecule has 2 aromatic rings. The first-order chi connectivity index (χ1) is 9.31. The lowest BCUT2D eigenvalue weighted by molar-refractivity contribution is -0.120. The summed E-state index contributed by atoms with van der Waals surface area (Å²) >= 11 is 0. The summed E-state index contributed by atoms with van der Waals surface area (Å²) in [5, 5.41) is 7.81. The maximum Gasteiger partial charge on any atom is 0.234 e. The smallest absolute Gasteiger partial charge is 0.234 e. The molecule has 108 valence electrons. The fraction of sp³-hybridized carbons (Fsp3) is 0.267. The number of benzene rings is 2. The van der Waals surface area contributed by atoms with Crippen LogP contribution in [0.3, 0.4) is 0 Å². The van der Waals surface area contributed by atoms with Crippen LogP contribution in [0.5, 0.6) is 5.75 Å². The molecule has 0 aromatic heterocycles. The van der Waals surface area contributed by atoms with Crippen LogP contribution in [-0.4, -0.2) is 32.7 Å². The quantitative estimate of drug-likeness (QED) is 0.801. The van der Waals surface area contributed by atoms with Gasteiger partial charge in [0.2, 0.25) is 5.91 Å². The minimum absolute atomic E-state index is 0. The molecule has 2 aromatic carbocycles. The average Bonchev–Trinajstić information content (AvgIpc) is 2.44. The van der Waals surface area contributed by atoms with Crippen molar-refractivity contribution in [1.82, 2.24) is 10.6 Å². The number of likely N-dealkylation sites (N-methyl/N-ethyl adjacent to an activating group) is 1. The summed E-state index contributed by atoms with van der Waals surface area (Å²) in [6.07, 6.45) is 0. The van der Waals surface area contributed by atoms with E-state index in [0.717, 1.165) is 16.5 Å². The summed E-state index contributed by atoms with van der Waals surface area (Å²) in [5.41, 5.74) is 0. The van der Waals surface area contributed by atoms with Gasteiger partial charge in [-0.2, -0.15) is 0 Å². The van der Waals surface area contributed by atoms with Crippen LogP contribution in [-0.2, 0) is 4.79 Å². The molecule has 0 spiro atoms. The molecule has 0 bridgehead atoms. The van der Waals surface area contributed by atoms with Crippen molar-refractivity contribution in [2.45, 2.75) is 0 Å². The second kappa shape index (κ2) is 8.40. The highest BCUT2D eigenvalue weighted by atomic mass is 35.5. The fourth-order valence-corrected chi connectivity index (χ4v) is 1.90. The Hall–Kier alpha value is -1.78. The van der Waals surface area contributed by atoms with Crippen molar-refractivity contribution >= 4 is 29.1 Å². The van der Waals surface area contributed by atoms with E-state index < -0.39 is 0 Å². The SMILES string of the molecule is CNCC(=O)NCCOc1cccc2ccccc12.Cl. The van der Waals surface area contributed by atoms with Gasteiger partial charge in [-0.25, -0.2) is 0 Å². The standard InChI is InChI=1S/C15H18N2O2.ClH/c1-16-11-15(18)17-9-10-19-14-8-4-6-12-5-2-3-7-13(12)14;/h2-8,16H,9-11H2,1H3,(H,17,18);1H. The first kappa shape index (κ1) is 16.3. The summed E-state index contributed by atoms with van der Waals surface area (Å²) in [7, 11) is 1.74. The van der Waals surface area contributed by atoms with Gasteiger partial charge in [0, 0.05) is 5.39 Å². The van der Waals surface area contributed by atoms with Crippen LogP contribution in [0, 0.1) is 0 Å². The molecule has 0 fully saturated rings. The highest BCUT2D eigenvalue weighted by molar-refractivity contribution is 5.88. The van der Waals surface area contributed by atoms with Crippen molar-refractivity contribution in [1.29, 1.82) is 0 Å². The Bertz CT molecular complexity index is 555. The summed E-state index contributed by atoms with van der Waals surface area (Å²) in [6.45, 7) is 1.29. The van der Waals surface area contributed by atoms with E-state index in [1.807, 2.05) is 30.3 Å². The van der Waals surface area contributed by atoms with Crippen LogP contribution in [0.1, 0.15) is 0 Å². The number of halogens is 1. The van der Waals surface area contributed by atoms with Crippen molar-refractivity contribution in [3.8, 4) is 5.75 Å². The Morgan fingerprint density at radius 3 is 2.70 bits per heavy atom. The van der Waals surface area contributed by atoms with Gasteiger partial charge in [-0.1, -0.05) is 36.4 Å². The van der Waals surface area contributed by atoms with E-state index in [1.165, 1.54) is 0 Å². The number of carbonyl (C=O) groups is 1. The molecule has 5 heteroatoms. The van der Waals surface area contributed by atoms with Crippen LogP contribution in [0.25, 0.3) is 10.8 Å². The molecular formula is C15H19ClN2O2. The number of hydrogen-bond donors (Lipinski definition) is 2. The second-order valence-electron chi connectivity index (χ2n) is 4.21. The highest BCUT2D eigenvalue weighted by Gasteiger charge is 2.01. The van der Waals surface area contributed by atoms with E-state index in [2.05, 4.69) is 22.8 Å². The molecule has 1 amide bonds. The van der Waals surface area contributed by atoms with Gasteiger partial charge in [-0.05, 0) is 18.5 Å². The zero-order valence-electron chi connectivity index (χ0n) is 11.4. The molecule has 0 unspecified atom stereocenters. The molecule has 0 aliphatic carbocycles. The Morgan fingerprint density at radius 2 is 1.90 bits per heavy atom. The van der Waals surface area contributed by atoms with Crippen molar-refractivity contribution in [3.05, 3.63) is 42.5 Å². The molecule has 0 heterocycles. The molecule has 2 rings (SSSR count). The largest absolute Gasteiger partial charge is 0.491 e. The molecule has 0 atom stereocenters. The number of nitrogens with one attached hydrogen (secondary N) is 2. The lowest BCUT2D eigenvalue weighted by Crippen LogP contribution is -2.34. The molecule has 20 heavy (non-hydrogen) atoms. The monoisotopic (exact) mass is 294 g/mol. The Morgan fingerprint density at radius 1 is 1.15 bits per heavy atom. The van der Waals surface area contributed by atoms with Gasteiger partial charge in [0.05, 0.1) is 13.1 Å². The highest BCUT2D eigenvalue weighted by Crippen LogP contribution is 2.24. The van der Waals surface area contributed by atoms with Crippen molar-refractivity contribution in [2.75, 3.05) is 26.7 Å². The maximum atomic E-state index is 11.2. The Balaban J connectivity index is 0.00000200. The number of fused-ring (bicyclic) bond motifs is 1. The third-order valence-corrected chi connectivity index (χ3v) is 2.77. The van der Waals surface area contributed by atoms with E-state index in [-0.39, 0.29) is 18.3 Å². The number of hydrogen-bond acceptors (Lipinski definition) is 3. The van der Waals surface area contributed by atoms with Crippen LogP contribution in [0.4, 0.5) is 0 Å². The van der Waals surface area contributed by atoms with Gasteiger partial charge in [0.25, 0.3) is 0 Å². The van der Waals surface area contributed by atoms with Crippen LogP contribution < -0.4 is 15.4 Å². The van der Waals surface area contributed by atoms with E-state index in [9.17, 15) is 4.79 Å². The van der Waals surface area contributed by atoms with E-state index in [0.29, 0.717) is 19.7 Å². The average molecular weight is 295 g/mol. The molecule has 4 nitrogen and oxygen atoms in total. The summed E-state index contributed by atoms with van der Waals surface area (Å²) in [4.78, 5) is 11.2. The third kappa shape index (κ3) is 4.40. The van der Waals surface area contributed by atoms with Gasteiger partial charge in [-0.15, -0.1) is 12.4 Å². The molecular weight excluding hydrogens is 276 g/mol. The van der Waals surface area contributed by atoms with Gasteiger partial charge in [-0.3, -0.25) is 4.79 Å². The minimum Gasteiger partial charge on any atom is -0.491 e. The van der Waals surface area contributed by atoms with E-state index >= 15 is 0 Å². The molecule has 0 saturated heterocycles. The summed E-state index contributed by atoms with van der Waals surface area (Å²) in [5.74, 6) is 0.824. The second-order valence-corrected chi connectivity index (χ2v) is 4.21. The lowest BCUT2D eigenvalue weighted by Gasteiger charge is -2.10. The third-order valence-electron chi connectivity index (χ3n) is 2.77. The topological polar surface area (TPSA) is 50.4 Å². The Kier molecular flexibility index (Phi) is 6.84. The predicted octanol–water partition coefficient (Wildman–Crippen LogP) is 1.98. The molecule has 0 saturated carbocycles. The van der Waals surface area contributed by atoms with E-state index in [1.54, 1.807) is 7.05 Å². The molecule has 0 aliphatic heterocycles. The number of ether oxygens (including phenoxy) is 1. The van der Waals surface area contributed by atoms with Crippen LogP contribution in [0.2, 0.25) is 0 Å². The van der Waals surface area contributed by atoms with Crippen molar-refractivity contribution in [2.24, 2.45) is 0 Å². The molecule has 0 aliphatic rings. The van der Waals surface area contributed by atoms with Crippen molar-refractivity contribution in [3.63, 3.8) is 0 Å². The molecule has 2 N–H and O–H groups in total. The summed E-state index contributed by atoms with van der Waals surface area (Å²) < 4.78 is 5.71. The van der Waals surface area contributed by atoms with Crippen molar-refractivity contribution < 1.29 is 9.53 Å². The lowest BCUT2D eigenvalue weighted by atomic mass is 10.1. The summed E-state index contributed by atoms with van der Waals surface area (Å²) in [6, 6.07) is 14.0. The van der Waals surface area contributed by atoms with Crippen LogP contribution in [0.15, 0.2) is 42.5 Å². The van der Waals surface area contributed by atoms with Gasteiger partial charge >= 0.3 is 0 Å².